The van der Waals surface area contributed by atoms with Crippen LogP contribution >= 0.6 is 23.7 Å². The minimum absolute atomic E-state index is 0. The lowest BCUT2D eigenvalue weighted by Crippen LogP contribution is -2.48. The zero-order chi connectivity index (χ0) is 17.4. The molecule has 26 heavy (non-hydrogen) atoms. The molecule has 1 aliphatic heterocycles. The molecule has 6 heteroatoms. The van der Waals surface area contributed by atoms with E-state index in [1.807, 2.05) is 31.2 Å². The van der Waals surface area contributed by atoms with Crippen LogP contribution in [0.1, 0.15) is 12.5 Å². The molecule has 1 amide bonds. The van der Waals surface area contributed by atoms with E-state index in [-0.39, 0.29) is 24.2 Å². The molecule has 0 radical (unpaired) electrons. The van der Waals surface area contributed by atoms with E-state index < -0.39 is 0 Å². The molecule has 1 saturated heterocycles. The van der Waals surface area contributed by atoms with Crippen LogP contribution in [0.5, 0.6) is 0 Å². The highest BCUT2D eigenvalue weighted by molar-refractivity contribution is 7.21. The molecular weight excluding hydrogens is 366 g/mol. The van der Waals surface area contributed by atoms with Crippen molar-refractivity contribution in [1.29, 1.82) is 0 Å². The number of nitrogens with zero attached hydrogens (tertiary/aromatic N) is 1. The molecule has 0 spiro atoms. The van der Waals surface area contributed by atoms with Gasteiger partial charge in [0.15, 0.2) is 0 Å². The van der Waals surface area contributed by atoms with Gasteiger partial charge in [-0.25, -0.2) is 4.98 Å². The Morgan fingerprint density at radius 1 is 1.23 bits per heavy atom. The van der Waals surface area contributed by atoms with Crippen molar-refractivity contribution in [2.45, 2.75) is 13.8 Å². The van der Waals surface area contributed by atoms with Crippen molar-refractivity contribution in [2.24, 2.45) is 11.8 Å². The molecule has 1 unspecified atom stereocenters. The van der Waals surface area contributed by atoms with Crippen molar-refractivity contribution in [3.63, 3.8) is 0 Å². The number of aromatic nitrogens is 1. The number of anilines is 1. The van der Waals surface area contributed by atoms with Crippen molar-refractivity contribution in [3.8, 4) is 10.6 Å². The van der Waals surface area contributed by atoms with Gasteiger partial charge in [0.05, 0.1) is 10.2 Å². The first-order valence-corrected chi connectivity index (χ1v) is 9.41. The average molecular weight is 388 g/mol. The number of carbonyl (C=O) groups excluding carboxylic acids is 1. The van der Waals surface area contributed by atoms with Crippen molar-refractivity contribution < 1.29 is 4.79 Å². The molecule has 136 valence electrons. The van der Waals surface area contributed by atoms with E-state index in [0.29, 0.717) is 5.92 Å². The van der Waals surface area contributed by atoms with Gasteiger partial charge in [0.1, 0.15) is 5.01 Å². The number of nitrogens with one attached hydrogen (secondary N) is 2. The van der Waals surface area contributed by atoms with Crippen LogP contribution in [0, 0.1) is 18.8 Å². The van der Waals surface area contributed by atoms with Crippen molar-refractivity contribution in [1.82, 2.24) is 10.3 Å². The van der Waals surface area contributed by atoms with Gasteiger partial charge >= 0.3 is 0 Å². The summed E-state index contributed by atoms with van der Waals surface area (Å²) in [5.41, 5.74) is 4.19. The summed E-state index contributed by atoms with van der Waals surface area (Å²) in [6.45, 7) is 5.96. The smallest absolute Gasteiger partial charge is 0.227 e. The molecule has 0 aliphatic carbocycles. The van der Waals surface area contributed by atoms with Crippen LogP contribution in [-0.4, -0.2) is 24.0 Å². The van der Waals surface area contributed by atoms with Crippen LogP contribution < -0.4 is 10.6 Å². The molecule has 3 aromatic rings. The third kappa shape index (κ3) is 3.75. The number of thiazole rings is 1. The average Bonchev–Trinajstić information content (AvgIpc) is 2.96. The van der Waals surface area contributed by atoms with Crippen LogP contribution in [-0.2, 0) is 4.79 Å². The number of benzene rings is 2. The number of aryl methyl sites for hydroxylation is 1. The fraction of sp³-hybridized carbons (Fsp3) is 0.300. The molecule has 2 aromatic carbocycles. The molecule has 2 N–H and O–H groups in total. The second kappa shape index (κ2) is 7.74. The lowest BCUT2D eigenvalue weighted by atomic mass is 9.88. The standard InChI is InChI=1S/C20H21N3OS.ClH/c1-12-3-8-17-18(9-12)25-20(23-17)14-4-6-16(7-5-14)22-19(24)13(2)15-10-21-11-15;/h3-9,13,15,21H,10-11H2,1-2H3,(H,22,24);1H. The molecule has 4 rings (SSSR count). The van der Waals surface area contributed by atoms with Gasteiger partial charge in [-0.1, -0.05) is 13.0 Å². The number of hydrogen-bond acceptors (Lipinski definition) is 4. The zero-order valence-electron chi connectivity index (χ0n) is 14.8. The van der Waals surface area contributed by atoms with Gasteiger partial charge in [-0.2, -0.15) is 0 Å². The Bertz CT molecular complexity index is 918. The highest BCUT2D eigenvalue weighted by Crippen LogP contribution is 2.31. The summed E-state index contributed by atoms with van der Waals surface area (Å²) in [6, 6.07) is 14.3. The third-order valence-electron chi connectivity index (χ3n) is 4.88. The molecule has 2 heterocycles. The lowest BCUT2D eigenvalue weighted by Gasteiger charge is -2.31. The molecule has 1 fully saturated rings. The van der Waals surface area contributed by atoms with Gasteiger partial charge in [-0.3, -0.25) is 4.79 Å². The van der Waals surface area contributed by atoms with Crippen LogP contribution in [0.15, 0.2) is 42.5 Å². The summed E-state index contributed by atoms with van der Waals surface area (Å²) in [5, 5.41) is 7.24. The molecule has 1 aromatic heterocycles. The highest BCUT2D eigenvalue weighted by atomic mass is 35.5. The van der Waals surface area contributed by atoms with E-state index in [4.69, 9.17) is 4.98 Å². The fourth-order valence-electron chi connectivity index (χ4n) is 2.99. The first kappa shape index (κ1) is 18.8. The van der Waals surface area contributed by atoms with Crippen LogP contribution in [0.4, 0.5) is 5.69 Å². The predicted octanol–water partition coefficient (Wildman–Crippen LogP) is 4.49. The van der Waals surface area contributed by atoms with Crippen molar-refractivity contribution >= 4 is 45.6 Å². The van der Waals surface area contributed by atoms with Crippen LogP contribution in [0.2, 0.25) is 0 Å². The van der Waals surface area contributed by atoms with E-state index >= 15 is 0 Å². The maximum absolute atomic E-state index is 12.3. The van der Waals surface area contributed by atoms with Gasteiger partial charge in [0, 0.05) is 17.2 Å². The van der Waals surface area contributed by atoms with Gasteiger partial charge in [-0.05, 0) is 67.9 Å². The monoisotopic (exact) mass is 387 g/mol. The van der Waals surface area contributed by atoms with E-state index in [9.17, 15) is 4.79 Å². The maximum atomic E-state index is 12.3. The minimum Gasteiger partial charge on any atom is -0.326 e. The van der Waals surface area contributed by atoms with Gasteiger partial charge in [0.25, 0.3) is 0 Å². The molecule has 0 saturated carbocycles. The topological polar surface area (TPSA) is 54.0 Å². The van der Waals surface area contributed by atoms with Crippen LogP contribution in [0.25, 0.3) is 20.8 Å². The van der Waals surface area contributed by atoms with E-state index in [1.54, 1.807) is 11.3 Å². The summed E-state index contributed by atoms with van der Waals surface area (Å²) in [6.07, 6.45) is 0. The normalized spacial score (nSPS) is 15.2. The van der Waals surface area contributed by atoms with Gasteiger partial charge in [0.2, 0.25) is 5.91 Å². The highest BCUT2D eigenvalue weighted by Gasteiger charge is 2.28. The quantitative estimate of drug-likeness (QED) is 0.693. The number of amides is 1. The Morgan fingerprint density at radius 3 is 2.62 bits per heavy atom. The Balaban J connectivity index is 0.00000196. The lowest BCUT2D eigenvalue weighted by molar-refractivity contribution is -0.121. The Hall–Kier alpha value is -1.95. The number of halogens is 1. The van der Waals surface area contributed by atoms with E-state index in [2.05, 4.69) is 35.8 Å². The van der Waals surface area contributed by atoms with Gasteiger partial charge < -0.3 is 10.6 Å². The number of hydrogen-bond donors (Lipinski definition) is 2. The fourth-order valence-corrected chi connectivity index (χ4v) is 4.06. The number of fused-ring (bicyclic) bond motifs is 1. The predicted molar refractivity (Wildman–Crippen MR) is 111 cm³/mol. The second-order valence-electron chi connectivity index (χ2n) is 6.76. The Labute approximate surface area is 163 Å². The number of rotatable bonds is 4. The van der Waals surface area contributed by atoms with Crippen molar-refractivity contribution in [3.05, 3.63) is 48.0 Å². The van der Waals surface area contributed by atoms with E-state index in [1.165, 1.54) is 10.3 Å². The summed E-state index contributed by atoms with van der Waals surface area (Å²) in [7, 11) is 0. The molecule has 4 nitrogen and oxygen atoms in total. The Kier molecular flexibility index (Phi) is 5.61. The molecule has 1 aliphatic rings. The summed E-state index contributed by atoms with van der Waals surface area (Å²) >= 11 is 1.70. The van der Waals surface area contributed by atoms with Crippen molar-refractivity contribution in [2.75, 3.05) is 18.4 Å². The maximum Gasteiger partial charge on any atom is 0.227 e. The second-order valence-corrected chi connectivity index (χ2v) is 7.79. The third-order valence-corrected chi connectivity index (χ3v) is 5.94. The first-order chi connectivity index (χ1) is 12.1. The minimum atomic E-state index is 0. The van der Waals surface area contributed by atoms with E-state index in [0.717, 1.165) is 34.9 Å². The summed E-state index contributed by atoms with van der Waals surface area (Å²) in [4.78, 5) is 17.0. The summed E-state index contributed by atoms with van der Waals surface area (Å²) < 4.78 is 1.20. The Morgan fingerprint density at radius 2 is 1.96 bits per heavy atom. The largest absolute Gasteiger partial charge is 0.326 e. The molecular formula is C20H22ClN3OS. The number of carbonyl (C=O) groups is 1. The summed E-state index contributed by atoms with van der Waals surface area (Å²) in [5.74, 6) is 0.577. The first-order valence-electron chi connectivity index (χ1n) is 8.59. The zero-order valence-corrected chi connectivity index (χ0v) is 16.4. The molecule has 0 bridgehead atoms. The SMILES string of the molecule is Cc1ccc2nc(-c3ccc(NC(=O)C(C)C4CNC4)cc3)sc2c1.Cl. The van der Waals surface area contributed by atoms with Crippen LogP contribution in [0.3, 0.4) is 0 Å². The molecule has 1 atom stereocenters. The van der Waals surface area contributed by atoms with Gasteiger partial charge in [-0.15, -0.1) is 23.7 Å².